The van der Waals surface area contributed by atoms with Crippen LogP contribution in [-0.4, -0.2) is 34.4 Å². The van der Waals surface area contributed by atoms with Crippen molar-refractivity contribution < 1.29 is 15.0 Å². The SMILES string of the molecule is CCC1CCCCC1NCC(C)(O)C(=O)O. The summed E-state index contributed by atoms with van der Waals surface area (Å²) in [4.78, 5) is 10.8. The van der Waals surface area contributed by atoms with Crippen LogP contribution in [0.5, 0.6) is 0 Å². The van der Waals surface area contributed by atoms with Gasteiger partial charge in [0.25, 0.3) is 0 Å². The Labute approximate surface area is 97.0 Å². The average molecular weight is 229 g/mol. The van der Waals surface area contributed by atoms with E-state index in [2.05, 4.69) is 12.2 Å². The third-order valence-corrected chi connectivity index (χ3v) is 3.60. The topological polar surface area (TPSA) is 69.6 Å². The Bertz CT molecular complexity index is 240. The van der Waals surface area contributed by atoms with Crippen molar-refractivity contribution in [2.24, 2.45) is 5.92 Å². The van der Waals surface area contributed by atoms with E-state index in [9.17, 15) is 9.90 Å². The summed E-state index contributed by atoms with van der Waals surface area (Å²) >= 11 is 0. The van der Waals surface area contributed by atoms with Gasteiger partial charge in [-0.2, -0.15) is 0 Å². The van der Waals surface area contributed by atoms with Gasteiger partial charge < -0.3 is 15.5 Å². The van der Waals surface area contributed by atoms with E-state index in [0.717, 1.165) is 12.8 Å². The van der Waals surface area contributed by atoms with Gasteiger partial charge in [0.15, 0.2) is 5.60 Å². The average Bonchev–Trinajstić information content (AvgIpc) is 2.26. The molecule has 16 heavy (non-hydrogen) atoms. The predicted molar refractivity (Wildman–Crippen MR) is 62.3 cm³/mol. The molecule has 0 radical (unpaired) electrons. The van der Waals surface area contributed by atoms with Crippen molar-refractivity contribution in [1.29, 1.82) is 0 Å². The first-order chi connectivity index (χ1) is 7.47. The zero-order valence-corrected chi connectivity index (χ0v) is 10.2. The normalized spacial score (nSPS) is 29.7. The molecule has 4 nitrogen and oxygen atoms in total. The molecule has 1 saturated carbocycles. The third-order valence-electron chi connectivity index (χ3n) is 3.60. The number of hydrogen-bond donors (Lipinski definition) is 3. The van der Waals surface area contributed by atoms with Gasteiger partial charge in [-0.1, -0.05) is 26.2 Å². The van der Waals surface area contributed by atoms with Crippen molar-refractivity contribution in [3.63, 3.8) is 0 Å². The van der Waals surface area contributed by atoms with Gasteiger partial charge in [0.05, 0.1) is 0 Å². The van der Waals surface area contributed by atoms with Crippen LogP contribution >= 0.6 is 0 Å². The number of carbonyl (C=O) groups is 1. The summed E-state index contributed by atoms with van der Waals surface area (Å²) in [7, 11) is 0. The summed E-state index contributed by atoms with van der Waals surface area (Å²) in [6.45, 7) is 3.63. The van der Waals surface area contributed by atoms with Crippen LogP contribution in [0.2, 0.25) is 0 Å². The number of aliphatic carboxylic acids is 1. The van der Waals surface area contributed by atoms with E-state index in [1.165, 1.54) is 26.2 Å². The number of nitrogens with one attached hydrogen (secondary N) is 1. The highest BCUT2D eigenvalue weighted by molar-refractivity contribution is 5.76. The van der Waals surface area contributed by atoms with Crippen molar-refractivity contribution in [3.8, 4) is 0 Å². The fraction of sp³-hybridized carbons (Fsp3) is 0.917. The van der Waals surface area contributed by atoms with Gasteiger partial charge in [0.2, 0.25) is 0 Å². The third kappa shape index (κ3) is 3.46. The summed E-state index contributed by atoms with van der Waals surface area (Å²) in [5, 5.41) is 21.6. The van der Waals surface area contributed by atoms with Gasteiger partial charge in [-0.25, -0.2) is 4.79 Å². The molecular weight excluding hydrogens is 206 g/mol. The molecule has 4 heteroatoms. The summed E-state index contributed by atoms with van der Waals surface area (Å²) in [6, 6.07) is 0.365. The molecule has 1 rings (SSSR count). The molecule has 0 heterocycles. The number of rotatable bonds is 5. The Morgan fingerprint density at radius 1 is 1.44 bits per heavy atom. The molecule has 0 aromatic heterocycles. The van der Waals surface area contributed by atoms with Crippen molar-refractivity contribution in [2.45, 2.75) is 57.6 Å². The molecule has 0 amide bonds. The number of hydrogen-bond acceptors (Lipinski definition) is 3. The van der Waals surface area contributed by atoms with Crippen LogP contribution in [0.3, 0.4) is 0 Å². The quantitative estimate of drug-likeness (QED) is 0.666. The highest BCUT2D eigenvalue weighted by Gasteiger charge is 2.32. The molecule has 0 aromatic rings. The first-order valence-corrected chi connectivity index (χ1v) is 6.16. The van der Waals surface area contributed by atoms with Gasteiger partial charge >= 0.3 is 5.97 Å². The summed E-state index contributed by atoms with van der Waals surface area (Å²) in [5.74, 6) is -0.540. The van der Waals surface area contributed by atoms with Crippen LogP contribution < -0.4 is 5.32 Å². The molecule has 1 aliphatic rings. The fourth-order valence-electron chi connectivity index (χ4n) is 2.37. The lowest BCUT2D eigenvalue weighted by molar-refractivity contribution is -0.156. The molecule has 3 N–H and O–H groups in total. The summed E-state index contributed by atoms with van der Waals surface area (Å²) in [5.41, 5.74) is -1.66. The molecule has 0 saturated heterocycles. The second kappa shape index (κ2) is 5.64. The highest BCUT2D eigenvalue weighted by Crippen LogP contribution is 2.26. The second-order valence-electron chi connectivity index (χ2n) is 5.02. The number of carboxylic acids is 1. The Hall–Kier alpha value is -0.610. The lowest BCUT2D eigenvalue weighted by Gasteiger charge is -2.33. The maximum Gasteiger partial charge on any atom is 0.336 e. The summed E-state index contributed by atoms with van der Waals surface area (Å²) < 4.78 is 0. The second-order valence-corrected chi connectivity index (χ2v) is 5.02. The van der Waals surface area contributed by atoms with E-state index in [4.69, 9.17) is 5.11 Å². The molecule has 1 fully saturated rings. The van der Waals surface area contributed by atoms with Crippen LogP contribution in [0.1, 0.15) is 46.0 Å². The minimum absolute atomic E-state index is 0.128. The van der Waals surface area contributed by atoms with E-state index >= 15 is 0 Å². The first-order valence-electron chi connectivity index (χ1n) is 6.16. The minimum Gasteiger partial charge on any atom is -0.479 e. The highest BCUT2D eigenvalue weighted by atomic mass is 16.4. The molecule has 0 aromatic carbocycles. The monoisotopic (exact) mass is 229 g/mol. The van der Waals surface area contributed by atoms with Crippen molar-refractivity contribution in [3.05, 3.63) is 0 Å². The van der Waals surface area contributed by atoms with Crippen LogP contribution in [0.25, 0.3) is 0 Å². The van der Waals surface area contributed by atoms with Gasteiger partial charge in [0, 0.05) is 12.6 Å². The molecule has 3 atom stereocenters. The molecule has 1 aliphatic carbocycles. The van der Waals surface area contributed by atoms with Crippen molar-refractivity contribution in [1.82, 2.24) is 5.32 Å². The van der Waals surface area contributed by atoms with Crippen LogP contribution in [0, 0.1) is 5.92 Å². The maximum absolute atomic E-state index is 10.8. The molecule has 0 spiro atoms. The summed E-state index contributed by atoms with van der Waals surface area (Å²) in [6.07, 6.45) is 5.89. The van der Waals surface area contributed by atoms with Gasteiger partial charge in [-0.05, 0) is 25.7 Å². The fourth-order valence-corrected chi connectivity index (χ4v) is 2.37. The smallest absolute Gasteiger partial charge is 0.336 e. The van der Waals surface area contributed by atoms with Crippen molar-refractivity contribution >= 4 is 5.97 Å². The lowest BCUT2D eigenvalue weighted by Crippen LogP contribution is -2.50. The van der Waals surface area contributed by atoms with Gasteiger partial charge in [-0.15, -0.1) is 0 Å². The molecule has 3 unspecified atom stereocenters. The van der Waals surface area contributed by atoms with Crippen LogP contribution in [0.15, 0.2) is 0 Å². The molecular formula is C12H23NO3. The molecule has 94 valence electrons. The first kappa shape index (κ1) is 13.5. The predicted octanol–water partition coefficient (Wildman–Crippen LogP) is 1.38. The Morgan fingerprint density at radius 3 is 2.62 bits per heavy atom. The zero-order valence-electron chi connectivity index (χ0n) is 10.2. The Kier molecular flexibility index (Phi) is 4.74. The zero-order chi connectivity index (χ0) is 12.2. The van der Waals surface area contributed by atoms with E-state index in [0.29, 0.717) is 12.0 Å². The van der Waals surface area contributed by atoms with E-state index in [1.54, 1.807) is 0 Å². The number of carboxylic acid groups (broad SMARTS) is 1. The largest absolute Gasteiger partial charge is 0.479 e. The minimum atomic E-state index is -1.66. The van der Waals surface area contributed by atoms with Gasteiger partial charge in [-0.3, -0.25) is 0 Å². The van der Waals surface area contributed by atoms with Gasteiger partial charge in [0.1, 0.15) is 0 Å². The Morgan fingerprint density at radius 2 is 2.06 bits per heavy atom. The van der Waals surface area contributed by atoms with E-state index in [1.807, 2.05) is 0 Å². The van der Waals surface area contributed by atoms with E-state index < -0.39 is 11.6 Å². The maximum atomic E-state index is 10.8. The van der Waals surface area contributed by atoms with Crippen molar-refractivity contribution in [2.75, 3.05) is 6.54 Å². The van der Waals surface area contributed by atoms with Crippen LogP contribution in [-0.2, 0) is 4.79 Å². The molecule has 0 bridgehead atoms. The molecule has 0 aliphatic heterocycles. The van der Waals surface area contributed by atoms with E-state index in [-0.39, 0.29) is 6.54 Å². The number of aliphatic hydroxyl groups is 1. The van der Waals surface area contributed by atoms with Crippen LogP contribution in [0.4, 0.5) is 0 Å². The lowest BCUT2D eigenvalue weighted by atomic mass is 9.82. The Balaban J connectivity index is 2.43. The standard InChI is InChI=1S/C12H23NO3/c1-3-9-6-4-5-7-10(9)13-8-12(2,16)11(14)15/h9-10,13,16H,3-8H2,1-2H3,(H,14,15).